The van der Waals surface area contributed by atoms with E-state index in [4.69, 9.17) is 0 Å². The summed E-state index contributed by atoms with van der Waals surface area (Å²) in [7, 11) is 0. The molecule has 5 nitrogen and oxygen atoms in total. The largest absolute Gasteiger partial charge is 0.357 e. The van der Waals surface area contributed by atoms with Crippen molar-refractivity contribution in [3.05, 3.63) is 59.0 Å². The third kappa shape index (κ3) is 6.35. The van der Waals surface area contributed by atoms with E-state index < -0.39 is 0 Å². The fraction of sp³-hybridized carbons (Fsp3) is 0.455. The summed E-state index contributed by atoms with van der Waals surface area (Å²) in [6, 6.07) is 9.16. The molecule has 2 aromatic rings. The van der Waals surface area contributed by atoms with Crippen LogP contribution in [0.15, 0.2) is 41.5 Å². The molecule has 3 rings (SSSR count). The van der Waals surface area contributed by atoms with E-state index in [-0.39, 0.29) is 5.82 Å². The van der Waals surface area contributed by atoms with Crippen LogP contribution in [0, 0.1) is 5.82 Å². The highest BCUT2D eigenvalue weighted by Crippen LogP contribution is 2.18. The maximum atomic E-state index is 13.6. The van der Waals surface area contributed by atoms with Gasteiger partial charge >= 0.3 is 0 Å². The van der Waals surface area contributed by atoms with Gasteiger partial charge in [-0.25, -0.2) is 14.4 Å². The number of aliphatic imine (C=N–C) groups is 1. The Labute approximate surface area is 177 Å². The molecule has 29 heavy (non-hydrogen) atoms. The summed E-state index contributed by atoms with van der Waals surface area (Å²) in [6.45, 7) is 6.18. The minimum atomic E-state index is -0.191. The smallest absolute Gasteiger partial charge is 0.191 e. The number of aromatic nitrogens is 1. The van der Waals surface area contributed by atoms with E-state index in [0.717, 1.165) is 53.9 Å². The molecule has 1 aliphatic heterocycles. The van der Waals surface area contributed by atoms with Gasteiger partial charge in [0.2, 0.25) is 0 Å². The van der Waals surface area contributed by atoms with E-state index in [1.165, 1.54) is 18.9 Å². The summed E-state index contributed by atoms with van der Waals surface area (Å²) in [5, 5.41) is 6.63. The molecular weight excluding hydrogens is 385 g/mol. The predicted octanol–water partition coefficient (Wildman–Crippen LogP) is 3.94. The number of guanidine groups is 1. The first-order chi connectivity index (χ1) is 14.2. The van der Waals surface area contributed by atoms with Crippen molar-refractivity contribution in [2.45, 2.75) is 38.6 Å². The van der Waals surface area contributed by atoms with Crippen LogP contribution in [0.25, 0.3) is 0 Å². The van der Waals surface area contributed by atoms with Crippen molar-refractivity contribution < 1.29 is 4.39 Å². The zero-order valence-corrected chi connectivity index (χ0v) is 18.1. The average Bonchev–Trinajstić information content (AvgIpc) is 3.27. The Hall–Kier alpha value is -2.28. The van der Waals surface area contributed by atoms with E-state index in [1.54, 1.807) is 17.8 Å². The van der Waals surface area contributed by atoms with Gasteiger partial charge in [-0.2, -0.15) is 11.8 Å². The number of benzene rings is 1. The van der Waals surface area contributed by atoms with Crippen molar-refractivity contribution in [2.24, 2.45) is 4.99 Å². The second-order valence-electron chi connectivity index (χ2n) is 7.11. The van der Waals surface area contributed by atoms with Crippen LogP contribution >= 0.6 is 11.8 Å². The number of nitrogens with one attached hydrogen (secondary N) is 2. The van der Waals surface area contributed by atoms with Gasteiger partial charge in [-0.3, -0.25) is 0 Å². The third-order valence-electron chi connectivity index (χ3n) is 4.92. The number of nitrogens with zero attached hydrogens (tertiary/aromatic N) is 3. The first kappa shape index (κ1) is 21.4. The van der Waals surface area contributed by atoms with Gasteiger partial charge in [0.05, 0.1) is 6.54 Å². The highest BCUT2D eigenvalue weighted by atomic mass is 32.2. The Morgan fingerprint density at radius 1 is 1.17 bits per heavy atom. The minimum Gasteiger partial charge on any atom is -0.357 e. The number of halogens is 1. The molecule has 1 aromatic heterocycles. The summed E-state index contributed by atoms with van der Waals surface area (Å²) in [6.07, 6.45) is 6.43. The highest BCUT2D eigenvalue weighted by molar-refractivity contribution is 7.97. The maximum Gasteiger partial charge on any atom is 0.191 e. The number of thioether (sulfide) groups is 1. The van der Waals surface area contributed by atoms with Crippen LogP contribution in [0.4, 0.5) is 10.2 Å². The monoisotopic (exact) mass is 415 g/mol. The number of anilines is 1. The minimum absolute atomic E-state index is 0.191. The van der Waals surface area contributed by atoms with Crippen molar-refractivity contribution in [1.29, 1.82) is 0 Å². The molecule has 0 radical (unpaired) electrons. The standard InChI is InChI=1S/C22H30FN5S/c1-3-24-22(27-15-18-7-8-20(23)12-19(18)16-29-2)26-14-17-6-9-21(25-13-17)28-10-4-5-11-28/h6-9,12-13H,3-5,10-11,14-16H2,1-2H3,(H2,24,26,27). The summed E-state index contributed by atoms with van der Waals surface area (Å²) < 4.78 is 13.6. The molecule has 1 fully saturated rings. The second kappa shape index (κ2) is 11.0. The summed E-state index contributed by atoms with van der Waals surface area (Å²) in [5.41, 5.74) is 3.18. The lowest BCUT2D eigenvalue weighted by Gasteiger charge is -2.16. The second-order valence-corrected chi connectivity index (χ2v) is 7.98. The van der Waals surface area contributed by atoms with Crippen molar-refractivity contribution >= 4 is 23.5 Å². The maximum absolute atomic E-state index is 13.6. The molecule has 0 amide bonds. The molecule has 1 aliphatic rings. The molecule has 156 valence electrons. The SMILES string of the molecule is CCNC(=NCc1ccc(N2CCCC2)nc1)NCc1ccc(F)cc1CSC. The van der Waals surface area contributed by atoms with Crippen LogP contribution in [0.1, 0.15) is 36.5 Å². The van der Waals surface area contributed by atoms with E-state index >= 15 is 0 Å². The van der Waals surface area contributed by atoms with Crippen LogP contribution in [-0.2, 0) is 18.8 Å². The van der Waals surface area contributed by atoms with Crippen LogP contribution < -0.4 is 15.5 Å². The summed E-state index contributed by atoms with van der Waals surface area (Å²) in [4.78, 5) is 11.6. The summed E-state index contributed by atoms with van der Waals surface area (Å²) >= 11 is 1.69. The van der Waals surface area contributed by atoms with Gasteiger partial charge in [0, 0.05) is 38.1 Å². The van der Waals surface area contributed by atoms with Crippen LogP contribution in [0.5, 0.6) is 0 Å². The first-order valence-electron chi connectivity index (χ1n) is 10.2. The van der Waals surface area contributed by atoms with Crippen LogP contribution in [0.2, 0.25) is 0 Å². The first-order valence-corrected chi connectivity index (χ1v) is 11.6. The lowest BCUT2D eigenvalue weighted by atomic mass is 10.1. The van der Waals surface area contributed by atoms with Crippen molar-refractivity contribution in [1.82, 2.24) is 15.6 Å². The molecule has 2 heterocycles. The topological polar surface area (TPSA) is 52.6 Å². The van der Waals surface area contributed by atoms with Gasteiger partial charge in [0.15, 0.2) is 5.96 Å². The Morgan fingerprint density at radius 2 is 2.00 bits per heavy atom. The molecule has 0 unspecified atom stereocenters. The molecule has 0 spiro atoms. The lowest BCUT2D eigenvalue weighted by Crippen LogP contribution is -2.37. The van der Waals surface area contributed by atoms with Crippen molar-refractivity contribution in [3.63, 3.8) is 0 Å². The van der Waals surface area contributed by atoms with E-state index in [2.05, 4.69) is 37.6 Å². The molecule has 0 aliphatic carbocycles. The van der Waals surface area contributed by atoms with E-state index in [0.29, 0.717) is 13.1 Å². The molecule has 1 aromatic carbocycles. The van der Waals surface area contributed by atoms with Gasteiger partial charge in [-0.15, -0.1) is 0 Å². The zero-order chi connectivity index (χ0) is 20.5. The third-order valence-corrected chi connectivity index (χ3v) is 5.52. The highest BCUT2D eigenvalue weighted by Gasteiger charge is 2.13. The van der Waals surface area contributed by atoms with E-state index in [9.17, 15) is 4.39 Å². The molecule has 0 bridgehead atoms. The summed E-state index contributed by atoms with van der Waals surface area (Å²) in [5.74, 6) is 2.40. The van der Waals surface area contributed by atoms with Crippen molar-refractivity contribution in [2.75, 3.05) is 30.8 Å². The number of pyridine rings is 1. The Bertz CT molecular complexity index is 803. The fourth-order valence-corrected chi connectivity index (χ4v) is 3.97. The van der Waals surface area contributed by atoms with Crippen LogP contribution in [0.3, 0.4) is 0 Å². The normalized spacial score (nSPS) is 14.3. The average molecular weight is 416 g/mol. The quantitative estimate of drug-likeness (QED) is 0.505. The Balaban J connectivity index is 1.61. The zero-order valence-electron chi connectivity index (χ0n) is 17.2. The van der Waals surface area contributed by atoms with E-state index in [1.807, 2.05) is 25.4 Å². The number of hydrogen-bond acceptors (Lipinski definition) is 4. The van der Waals surface area contributed by atoms with Crippen molar-refractivity contribution in [3.8, 4) is 0 Å². The molecule has 0 saturated carbocycles. The number of hydrogen-bond donors (Lipinski definition) is 2. The number of rotatable bonds is 8. The van der Waals surface area contributed by atoms with Gasteiger partial charge in [-0.1, -0.05) is 12.1 Å². The van der Waals surface area contributed by atoms with Gasteiger partial charge in [0.25, 0.3) is 0 Å². The molecule has 1 saturated heterocycles. The van der Waals surface area contributed by atoms with Gasteiger partial charge in [0.1, 0.15) is 11.6 Å². The molecule has 2 N–H and O–H groups in total. The predicted molar refractivity (Wildman–Crippen MR) is 121 cm³/mol. The van der Waals surface area contributed by atoms with Gasteiger partial charge < -0.3 is 15.5 Å². The van der Waals surface area contributed by atoms with Crippen LogP contribution in [-0.4, -0.2) is 36.8 Å². The Kier molecular flexibility index (Phi) is 8.16. The molecule has 0 atom stereocenters. The lowest BCUT2D eigenvalue weighted by molar-refractivity contribution is 0.625. The molecular formula is C22H30FN5S. The van der Waals surface area contributed by atoms with Gasteiger partial charge in [-0.05, 0) is 60.9 Å². The fourth-order valence-electron chi connectivity index (χ4n) is 3.39. The Morgan fingerprint density at radius 3 is 2.69 bits per heavy atom. The molecule has 7 heteroatoms.